The normalized spacial score (nSPS) is 18.0. The summed E-state index contributed by atoms with van der Waals surface area (Å²) in [5.41, 5.74) is 0.817. The fraction of sp³-hybridized carbons (Fsp3) is 0.632. The van der Waals surface area contributed by atoms with Crippen molar-refractivity contribution < 1.29 is 9.53 Å². The molecule has 134 valence electrons. The maximum atomic E-state index is 12.5. The maximum absolute atomic E-state index is 12.5. The highest BCUT2D eigenvalue weighted by molar-refractivity contribution is 5.94. The predicted octanol–water partition coefficient (Wildman–Crippen LogP) is 2.83. The second-order valence-electron chi connectivity index (χ2n) is 6.35. The second kappa shape index (κ2) is 9.64. The van der Waals surface area contributed by atoms with Crippen LogP contribution in [0.1, 0.15) is 33.6 Å². The molecule has 1 fully saturated rings. The second-order valence-corrected chi connectivity index (χ2v) is 6.35. The van der Waals surface area contributed by atoms with Gasteiger partial charge in [0.25, 0.3) is 0 Å². The van der Waals surface area contributed by atoms with Crippen molar-refractivity contribution in [3.05, 3.63) is 24.3 Å². The molecular formula is C19H31N3O2. The molecule has 0 bridgehead atoms. The van der Waals surface area contributed by atoms with Crippen molar-refractivity contribution in [2.75, 3.05) is 44.6 Å². The van der Waals surface area contributed by atoms with Gasteiger partial charge in [0.05, 0.1) is 12.6 Å². The van der Waals surface area contributed by atoms with Crippen LogP contribution < -0.4 is 10.1 Å². The minimum atomic E-state index is -0.113. The van der Waals surface area contributed by atoms with Crippen LogP contribution in [0.2, 0.25) is 0 Å². The molecule has 0 saturated carbocycles. The number of ether oxygens (including phenoxy) is 1. The molecule has 2 rings (SSSR count). The molecule has 0 aliphatic carbocycles. The van der Waals surface area contributed by atoms with E-state index in [-0.39, 0.29) is 11.9 Å². The summed E-state index contributed by atoms with van der Waals surface area (Å²) in [5, 5.41) is 3.02. The van der Waals surface area contributed by atoms with E-state index < -0.39 is 0 Å². The van der Waals surface area contributed by atoms with Crippen molar-refractivity contribution in [2.45, 2.75) is 39.7 Å². The molecule has 1 saturated heterocycles. The number of carbonyl (C=O) groups excluding carboxylic acids is 1. The summed E-state index contributed by atoms with van der Waals surface area (Å²) in [6.07, 6.45) is 2.31. The lowest BCUT2D eigenvalue weighted by Crippen LogP contribution is -2.43. The first kappa shape index (κ1) is 18.7. The minimum absolute atomic E-state index is 0.0584. The number of nitrogens with one attached hydrogen (secondary N) is 1. The third-order valence-corrected chi connectivity index (χ3v) is 4.52. The zero-order chi connectivity index (χ0) is 17.4. The van der Waals surface area contributed by atoms with E-state index in [1.807, 2.05) is 38.1 Å². The van der Waals surface area contributed by atoms with Crippen molar-refractivity contribution >= 4 is 11.6 Å². The molecule has 24 heavy (non-hydrogen) atoms. The Kier molecular flexibility index (Phi) is 7.53. The lowest BCUT2D eigenvalue weighted by molar-refractivity contribution is -0.120. The monoisotopic (exact) mass is 333 g/mol. The highest BCUT2D eigenvalue weighted by Crippen LogP contribution is 2.16. The summed E-state index contributed by atoms with van der Waals surface area (Å²) < 4.78 is 5.43. The number of hydrogen-bond donors (Lipinski definition) is 1. The third kappa shape index (κ3) is 5.49. The smallest absolute Gasteiger partial charge is 0.241 e. The molecule has 0 spiro atoms. The van der Waals surface area contributed by atoms with Gasteiger partial charge in [0.15, 0.2) is 0 Å². The van der Waals surface area contributed by atoms with Gasteiger partial charge >= 0.3 is 0 Å². The quantitative estimate of drug-likeness (QED) is 0.833. The summed E-state index contributed by atoms with van der Waals surface area (Å²) in [5.74, 6) is 0.884. The average Bonchev–Trinajstić information content (AvgIpc) is 2.82. The molecule has 1 aromatic carbocycles. The Bertz CT molecular complexity index is 504. The Balaban J connectivity index is 1.87. The van der Waals surface area contributed by atoms with Gasteiger partial charge in [-0.15, -0.1) is 0 Å². The summed E-state index contributed by atoms with van der Waals surface area (Å²) >= 11 is 0. The highest BCUT2D eigenvalue weighted by atomic mass is 16.5. The molecule has 1 atom stereocenters. The first-order valence-electron chi connectivity index (χ1n) is 9.14. The fourth-order valence-corrected chi connectivity index (χ4v) is 3.13. The van der Waals surface area contributed by atoms with E-state index in [2.05, 4.69) is 22.0 Å². The van der Waals surface area contributed by atoms with Gasteiger partial charge in [-0.1, -0.05) is 6.92 Å². The number of benzene rings is 1. The number of amides is 1. The Morgan fingerprint density at radius 2 is 1.92 bits per heavy atom. The van der Waals surface area contributed by atoms with E-state index in [0.717, 1.165) is 50.6 Å². The molecule has 0 aromatic heterocycles. The van der Waals surface area contributed by atoms with Crippen molar-refractivity contribution in [2.24, 2.45) is 0 Å². The van der Waals surface area contributed by atoms with Gasteiger partial charge in [0, 0.05) is 25.3 Å². The SMILES string of the molecule is CCCN1CCCN([C@@H](C)C(=O)Nc2ccc(OCC)cc2)CC1. The van der Waals surface area contributed by atoms with Gasteiger partial charge in [-0.2, -0.15) is 0 Å². The van der Waals surface area contributed by atoms with Crippen molar-refractivity contribution in [1.29, 1.82) is 0 Å². The Morgan fingerprint density at radius 1 is 1.17 bits per heavy atom. The van der Waals surface area contributed by atoms with Crippen LogP contribution in [0.5, 0.6) is 5.75 Å². The summed E-state index contributed by atoms with van der Waals surface area (Å²) in [4.78, 5) is 17.3. The Hall–Kier alpha value is -1.59. The first-order chi connectivity index (χ1) is 11.6. The summed E-state index contributed by atoms with van der Waals surface area (Å²) in [7, 11) is 0. The van der Waals surface area contributed by atoms with Crippen LogP contribution in [0, 0.1) is 0 Å². The van der Waals surface area contributed by atoms with E-state index in [9.17, 15) is 4.79 Å². The number of nitrogens with zero attached hydrogens (tertiary/aromatic N) is 2. The molecule has 1 aliphatic rings. The van der Waals surface area contributed by atoms with Crippen LogP contribution in [0.15, 0.2) is 24.3 Å². The van der Waals surface area contributed by atoms with E-state index in [1.165, 1.54) is 6.42 Å². The van der Waals surface area contributed by atoms with E-state index >= 15 is 0 Å². The Labute approximate surface area is 146 Å². The molecule has 5 heteroatoms. The lowest BCUT2D eigenvalue weighted by atomic mass is 10.2. The van der Waals surface area contributed by atoms with Crippen LogP contribution in [-0.2, 0) is 4.79 Å². The topological polar surface area (TPSA) is 44.8 Å². The molecule has 0 radical (unpaired) electrons. The summed E-state index contributed by atoms with van der Waals surface area (Å²) in [6, 6.07) is 7.44. The molecule has 0 unspecified atom stereocenters. The standard InChI is InChI=1S/C19H31N3O2/c1-4-11-21-12-6-13-22(15-14-21)16(3)19(23)20-17-7-9-18(10-8-17)24-5-2/h7-10,16H,4-6,11-15H2,1-3H3,(H,20,23)/t16-/m0/s1. The van der Waals surface area contributed by atoms with E-state index in [1.54, 1.807) is 0 Å². The van der Waals surface area contributed by atoms with Gasteiger partial charge in [0.2, 0.25) is 5.91 Å². The largest absolute Gasteiger partial charge is 0.494 e. The number of rotatable bonds is 7. The Morgan fingerprint density at radius 3 is 2.58 bits per heavy atom. The van der Waals surface area contributed by atoms with E-state index in [4.69, 9.17) is 4.74 Å². The van der Waals surface area contributed by atoms with Crippen LogP contribution in [0.4, 0.5) is 5.69 Å². The zero-order valence-electron chi connectivity index (χ0n) is 15.3. The van der Waals surface area contributed by atoms with E-state index in [0.29, 0.717) is 6.61 Å². The first-order valence-corrected chi connectivity index (χ1v) is 9.14. The maximum Gasteiger partial charge on any atom is 0.241 e. The van der Waals surface area contributed by atoms with Crippen LogP contribution in [0.25, 0.3) is 0 Å². The molecule has 1 aromatic rings. The zero-order valence-corrected chi connectivity index (χ0v) is 15.3. The van der Waals surface area contributed by atoms with Crippen LogP contribution in [0.3, 0.4) is 0 Å². The molecule has 1 N–H and O–H groups in total. The highest BCUT2D eigenvalue weighted by Gasteiger charge is 2.23. The molecule has 5 nitrogen and oxygen atoms in total. The summed E-state index contributed by atoms with van der Waals surface area (Å²) in [6.45, 7) is 12.1. The minimum Gasteiger partial charge on any atom is -0.494 e. The fourth-order valence-electron chi connectivity index (χ4n) is 3.13. The van der Waals surface area contributed by atoms with Crippen molar-refractivity contribution in [1.82, 2.24) is 9.80 Å². The van der Waals surface area contributed by atoms with Gasteiger partial charge in [-0.25, -0.2) is 0 Å². The molecule has 1 aliphatic heterocycles. The predicted molar refractivity (Wildman–Crippen MR) is 98.6 cm³/mol. The molecular weight excluding hydrogens is 302 g/mol. The van der Waals surface area contributed by atoms with Crippen LogP contribution in [-0.4, -0.2) is 61.1 Å². The molecule has 1 heterocycles. The van der Waals surface area contributed by atoms with Crippen molar-refractivity contribution in [3.63, 3.8) is 0 Å². The average molecular weight is 333 g/mol. The van der Waals surface area contributed by atoms with Crippen molar-refractivity contribution in [3.8, 4) is 5.75 Å². The number of carbonyl (C=O) groups is 1. The lowest BCUT2D eigenvalue weighted by Gasteiger charge is -2.27. The third-order valence-electron chi connectivity index (χ3n) is 4.52. The molecule has 1 amide bonds. The van der Waals surface area contributed by atoms with Gasteiger partial charge in [-0.05, 0) is 64.0 Å². The van der Waals surface area contributed by atoms with Gasteiger partial charge in [-0.3, -0.25) is 9.69 Å². The van der Waals surface area contributed by atoms with Gasteiger partial charge < -0.3 is 15.0 Å². The number of hydrogen-bond acceptors (Lipinski definition) is 4. The van der Waals surface area contributed by atoms with Gasteiger partial charge in [0.1, 0.15) is 5.75 Å². The number of anilines is 1. The van der Waals surface area contributed by atoms with Crippen LogP contribution >= 0.6 is 0 Å².